The summed E-state index contributed by atoms with van der Waals surface area (Å²) in [6, 6.07) is 13.1. The molecule has 4 rings (SSSR count). The van der Waals surface area contributed by atoms with Crippen molar-refractivity contribution in [3.05, 3.63) is 72.1 Å². The van der Waals surface area contributed by atoms with Crippen molar-refractivity contribution in [2.75, 3.05) is 23.0 Å². The van der Waals surface area contributed by atoms with Crippen molar-refractivity contribution in [3.8, 4) is 11.1 Å². The number of anilines is 2. The van der Waals surface area contributed by atoms with Crippen LogP contribution in [0.15, 0.2) is 65.8 Å². The molecule has 0 saturated carbocycles. The zero-order chi connectivity index (χ0) is 21.3. The lowest BCUT2D eigenvalue weighted by Crippen LogP contribution is -2.33. The number of alkyl halides is 3. The average Bonchev–Trinajstić information content (AvgIpc) is 3.16. The highest BCUT2D eigenvalue weighted by Gasteiger charge is 2.36. The van der Waals surface area contributed by atoms with Gasteiger partial charge >= 0.3 is 12.2 Å². The van der Waals surface area contributed by atoms with Gasteiger partial charge in [0.1, 0.15) is 0 Å². The number of thioether (sulfide) groups is 1. The summed E-state index contributed by atoms with van der Waals surface area (Å²) in [5.41, 5.74) is 2.60. The number of amides is 2. The van der Waals surface area contributed by atoms with Gasteiger partial charge < -0.3 is 5.32 Å². The van der Waals surface area contributed by atoms with Gasteiger partial charge in [-0.15, -0.1) is 11.8 Å². The van der Waals surface area contributed by atoms with Gasteiger partial charge in [0, 0.05) is 35.1 Å². The Balaban J connectivity index is 1.65. The summed E-state index contributed by atoms with van der Waals surface area (Å²) < 4.78 is 40.4. The van der Waals surface area contributed by atoms with E-state index >= 15 is 0 Å². The fourth-order valence-electron chi connectivity index (χ4n) is 3.57. The van der Waals surface area contributed by atoms with E-state index in [1.807, 2.05) is 24.3 Å². The summed E-state index contributed by atoms with van der Waals surface area (Å²) >= 11 is 1.06. The minimum absolute atomic E-state index is 0.173. The molecular weight excluding hydrogens is 411 g/mol. The molecule has 0 saturated heterocycles. The Morgan fingerprint density at radius 3 is 2.57 bits per heavy atom. The van der Waals surface area contributed by atoms with Gasteiger partial charge in [0.05, 0.1) is 11.3 Å². The lowest BCUT2D eigenvalue weighted by atomic mass is 10.1. The molecule has 0 bridgehead atoms. The number of benzene rings is 2. The van der Waals surface area contributed by atoms with Gasteiger partial charge in [-0.05, 0) is 54.1 Å². The molecule has 4 nitrogen and oxygen atoms in total. The van der Waals surface area contributed by atoms with Crippen LogP contribution in [0.5, 0.6) is 0 Å². The predicted octanol–water partition coefficient (Wildman–Crippen LogP) is 6.08. The summed E-state index contributed by atoms with van der Waals surface area (Å²) in [4.78, 5) is 18.5. The molecule has 0 unspecified atom stereocenters. The van der Waals surface area contributed by atoms with Crippen molar-refractivity contribution < 1.29 is 18.0 Å². The third-order valence-corrected chi connectivity index (χ3v) is 5.78. The summed E-state index contributed by atoms with van der Waals surface area (Å²) in [6.07, 6.45) is 0.970. The fourth-order valence-corrected chi connectivity index (χ4v) is 4.23. The molecule has 0 atom stereocenters. The van der Waals surface area contributed by atoms with Crippen LogP contribution < -0.4 is 10.2 Å². The molecule has 154 valence electrons. The molecule has 1 N–H and O–H groups in total. The second-order valence-corrected chi connectivity index (χ2v) is 7.64. The minimum Gasteiger partial charge on any atom is -0.307 e. The highest BCUT2D eigenvalue weighted by molar-refractivity contribution is 7.98. The monoisotopic (exact) mass is 429 g/mol. The zero-order valence-electron chi connectivity index (χ0n) is 16.0. The molecule has 0 radical (unpaired) electrons. The predicted molar refractivity (Wildman–Crippen MR) is 113 cm³/mol. The number of pyridine rings is 1. The van der Waals surface area contributed by atoms with Gasteiger partial charge in [0.15, 0.2) is 0 Å². The second kappa shape index (κ2) is 8.02. The minimum atomic E-state index is -4.48. The first-order chi connectivity index (χ1) is 14.4. The summed E-state index contributed by atoms with van der Waals surface area (Å²) in [7, 11) is 0. The molecular formula is C22H18F3N3OS. The third-order valence-electron chi connectivity index (χ3n) is 5.01. The second-order valence-electron chi connectivity index (χ2n) is 6.79. The molecule has 1 aliphatic heterocycles. The van der Waals surface area contributed by atoms with Gasteiger partial charge in [-0.3, -0.25) is 9.88 Å². The zero-order valence-corrected chi connectivity index (χ0v) is 16.8. The number of urea groups is 1. The standard InChI is InChI=1S/C22H18F3N3OS/c1-30-20-12-15-8-11-28(19(15)13-17(20)22(23,24)25)21(29)27-18-5-3-2-4-16(18)14-6-9-26-10-7-14/h2-7,9-10,12-13H,8,11H2,1H3,(H,27,29). The Labute approximate surface area is 176 Å². The molecule has 8 heteroatoms. The first-order valence-corrected chi connectivity index (χ1v) is 10.5. The number of aromatic nitrogens is 1. The van der Waals surface area contributed by atoms with Gasteiger partial charge in [-0.25, -0.2) is 4.79 Å². The molecule has 0 aliphatic carbocycles. The first-order valence-electron chi connectivity index (χ1n) is 9.24. The maximum Gasteiger partial charge on any atom is 0.417 e. The van der Waals surface area contributed by atoms with E-state index in [1.54, 1.807) is 36.8 Å². The SMILES string of the molecule is CSc1cc2c(cc1C(F)(F)F)N(C(=O)Nc1ccccc1-c1ccncc1)CC2. The highest BCUT2D eigenvalue weighted by atomic mass is 32.2. The van der Waals surface area contributed by atoms with Crippen LogP contribution in [0.1, 0.15) is 11.1 Å². The van der Waals surface area contributed by atoms with Crippen LogP contribution in [0.3, 0.4) is 0 Å². The van der Waals surface area contributed by atoms with Gasteiger partial charge in [0.2, 0.25) is 0 Å². The molecule has 1 aromatic heterocycles. The van der Waals surface area contributed by atoms with Gasteiger partial charge in [-0.2, -0.15) is 13.2 Å². The van der Waals surface area contributed by atoms with Crippen molar-refractivity contribution in [1.29, 1.82) is 0 Å². The smallest absolute Gasteiger partial charge is 0.307 e. The van der Waals surface area contributed by atoms with Crippen LogP contribution in [0.4, 0.5) is 29.3 Å². The third kappa shape index (κ3) is 3.87. The number of carbonyl (C=O) groups is 1. The maximum absolute atomic E-state index is 13.5. The van der Waals surface area contributed by atoms with Crippen LogP contribution in [0, 0.1) is 0 Å². The fraction of sp³-hybridized carbons (Fsp3) is 0.182. The van der Waals surface area contributed by atoms with Crippen molar-refractivity contribution >= 4 is 29.2 Å². The van der Waals surface area contributed by atoms with E-state index < -0.39 is 17.8 Å². The highest BCUT2D eigenvalue weighted by Crippen LogP contribution is 2.42. The Morgan fingerprint density at radius 1 is 1.13 bits per heavy atom. The van der Waals surface area contributed by atoms with Gasteiger partial charge in [0.25, 0.3) is 0 Å². The van der Waals surface area contributed by atoms with Gasteiger partial charge in [-0.1, -0.05) is 18.2 Å². The molecule has 3 aromatic rings. The van der Waals surface area contributed by atoms with E-state index in [2.05, 4.69) is 10.3 Å². The molecule has 30 heavy (non-hydrogen) atoms. The molecule has 0 spiro atoms. The molecule has 0 fully saturated rings. The molecule has 2 amide bonds. The van der Waals surface area contributed by atoms with Crippen LogP contribution in [-0.2, 0) is 12.6 Å². The number of nitrogens with one attached hydrogen (secondary N) is 1. The van der Waals surface area contributed by atoms with Crippen LogP contribution in [-0.4, -0.2) is 23.8 Å². The number of hydrogen-bond acceptors (Lipinski definition) is 3. The number of carbonyl (C=O) groups excluding carboxylic acids is 1. The number of halogens is 3. The summed E-state index contributed by atoms with van der Waals surface area (Å²) in [5.74, 6) is 0. The average molecular weight is 429 g/mol. The largest absolute Gasteiger partial charge is 0.417 e. The van der Waals surface area contributed by atoms with Crippen molar-refractivity contribution in [2.45, 2.75) is 17.5 Å². The number of hydrogen-bond donors (Lipinski definition) is 1. The van der Waals surface area contributed by atoms with E-state index in [0.29, 0.717) is 24.3 Å². The van der Waals surface area contributed by atoms with Crippen molar-refractivity contribution in [3.63, 3.8) is 0 Å². The lowest BCUT2D eigenvalue weighted by molar-refractivity contribution is -0.139. The number of fused-ring (bicyclic) bond motifs is 1. The van der Waals surface area contributed by atoms with Crippen molar-refractivity contribution in [2.24, 2.45) is 0 Å². The lowest BCUT2D eigenvalue weighted by Gasteiger charge is -2.21. The Bertz CT molecular complexity index is 1090. The number of nitrogens with zero attached hydrogens (tertiary/aromatic N) is 2. The Kier molecular flexibility index (Phi) is 5.42. The normalized spacial score (nSPS) is 13.3. The van der Waals surface area contributed by atoms with E-state index in [0.717, 1.165) is 34.5 Å². The maximum atomic E-state index is 13.5. The molecule has 1 aliphatic rings. The molecule has 2 heterocycles. The van der Waals surface area contributed by atoms with Crippen LogP contribution in [0.25, 0.3) is 11.1 Å². The summed E-state index contributed by atoms with van der Waals surface area (Å²) in [5, 5.41) is 2.86. The van der Waals surface area contributed by atoms with E-state index in [9.17, 15) is 18.0 Å². The Hall–Kier alpha value is -3.00. The van der Waals surface area contributed by atoms with Crippen LogP contribution in [0.2, 0.25) is 0 Å². The number of para-hydroxylation sites is 1. The van der Waals surface area contributed by atoms with Crippen molar-refractivity contribution in [1.82, 2.24) is 4.98 Å². The summed E-state index contributed by atoms with van der Waals surface area (Å²) in [6.45, 7) is 0.327. The van der Waals surface area contributed by atoms with E-state index in [4.69, 9.17) is 0 Å². The molecule has 2 aromatic carbocycles. The van der Waals surface area contributed by atoms with Crippen LogP contribution >= 0.6 is 11.8 Å². The number of rotatable bonds is 3. The first kappa shape index (κ1) is 20.3. The van der Waals surface area contributed by atoms with E-state index in [-0.39, 0.29) is 4.90 Å². The topological polar surface area (TPSA) is 45.2 Å². The quantitative estimate of drug-likeness (QED) is 0.513. The Morgan fingerprint density at radius 2 is 1.87 bits per heavy atom. The van der Waals surface area contributed by atoms with E-state index in [1.165, 1.54) is 4.90 Å².